The molecule has 2 rings (SSSR count). The Morgan fingerprint density at radius 3 is 2.68 bits per heavy atom. The minimum Gasteiger partial charge on any atom is -0.394 e. The highest BCUT2D eigenvalue weighted by Gasteiger charge is 2.35. The Morgan fingerprint density at radius 2 is 2.14 bits per heavy atom. The van der Waals surface area contributed by atoms with Crippen LogP contribution in [0.2, 0.25) is 0 Å². The lowest BCUT2D eigenvalue weighted by atomic mass is 10.2. The molecule has 0 aromatic carbocycles. The minimum absolute atomic E-state index is 0.0841. The third-order valence-corrected chi connectivity index (χ3v) is 4.10. The second-order valence-corrected chi connectivity index (χ2v) is 6.52. The summed E-state index contributed by atoms with van der Waals surface area (Å²) in [5.41, 5.74) is -0.922. The lowest BCUT2D eigenvalue weighted by Crippen LogP contribution is -2.41. The molecule has 0 bridgehead atoms. The number of hydrogen-bond donors (Lipinski definition) is 4. The van der Waals surface area contributed by atoms with Crippen molar-refractivity contribution >= 4 is 10.1 Å². The van der Waals surface area contributed by atoms with Gasteiger partial charge in [-0.15, -0.1) is 0 Å². The standard InChI is InChI=1S/C11H17N3O7S/c12-9-1-2-14(10-5-7(16)8(6-15)21-10)11(17)13(9)3-4-22(18,19)20/h1-2,7-8,10,12,15-16H,3-6H2,(H,18,19,20)/t7-,8+,10+/m0/s1. The Hall–Kier alpha value is -1.53. The molecule has 0 spiro atoms. The maximum atomic E-state index is 12.3. The van der Waals surface area contributed by atoms with Crippen molar-refractivity contribution in [3.63, 3.8) is 0 Å². The predicted octanol–water partition coefficient (Wildman–Crippen LogP) is -2.34. The number of nitrogens with zero attached hydrogens (tertiary/aromatic N) is 2. The second kappa shape index (κ2) is 6.30. The van der Waals surface area contributed by atoms with Crippen molar-refractivity contribution < 1.29 is 27.9 Å². The molecule has 1 aromatic heterocycles. The van der Waals surface area contributed by atoms with E-state index in [1.165, 1.54) is 12.3 Å². The van der Waals surface area contributed by atoms with Crippen molar-refractivity contribution in [1.29, 1.82) is 5.41 Å². The average Bonchev–Trinajstić information content (AvgIpc) is 2.78. The second-order valence-electron chi connectivity index (χ2n) is 4.94. The van der Waals surface area contributed by atoms with Gasteiger partial charge in [-0.25, -0.2) is 4.79 Å². The Morgan fingerprint density at radius 1 is 1.45 bits per heavy atom. The van der Waals surface area contributed by atoms with Crippen LogP contribution >= 0.6 is 0 Å². The van der Waals surface area contributed by atoms with Crippen LogP contribution in [-0.4, -0.2) is 56.9 Å². The van der Waals surface area contributed by atoms with E-state index in [2.05, 4.69) is 0 Å². The van der Waals surface area contributed by atoms with Crippen LogP contribution in [0.4, 0.5) is 0 Å². The molecule has 1 aliphatic rings. The van der Waals surface area contributed by atoms with E-state index in [1.807, 2.05) is 0 Å². The third kappa shape index (κ3) is 3.62. The molecule has 1 fully saturated rings. The summed E-state index contributed by atoms with van der Waals surface area (Å²) in [4.78, 5) is 12.3. The zero-order valence-electron chi connectivity index (χ0n) is 11.5. The van der Waals surface area contributed by atoms with Crippen molar-refractivity contribution in [2.75, 3.05) is 12.4 Å². The summed E-state index contributed by atoms with van der Waals surface area (Å²) in [5, 5.41) is 26.4. The number of ether oxygens (including phenoxy) is 1. The highest BCUT2D eigenvalue weighted by atomic mass is 32.2. The number of aromatic nitrogens is 2. The number of hydrogen-bond acceptors (Lipinski definition) is 7. The summed E-state index contributed by atoms with van der Waals surface area (Å²) in [7, 11) is -4.27. The normalized spacial score (nSPS) is 25.5. The number of aliphatic hydroxyl groups is 2. The molecule has 22 heavy (non-hydrogen) atoms. The van der Waals surface area contributed by atoms with Gasteiger partial charge in [0.25, 0.3) is 10.1 Å². The third-order valence-electron chi connectivity index (χ3n) is 3.40. The molecule has 124 valence electrons. The fourth-order valence-electron chi connectivity index (χ4n) is 2.24. The van der Waals surface area contributed by atoms with E-state index in [0.29, 0.717) is 0 Å². The molecule has 0 unspecified atom stereocenters. The molecule has 0 saturated carbocycles. The van der Waals surface area contributed by atoms with Crippen molar-refractivity contribution in [3.05, 3.63) is 28.2 Å². The first-order valence-electron chi connectivity index (χ1n) is 6.49. The van der Waals surface area contributed by atoms with E-state index in [0.717, 1.165) is 9.13 Å². The van der Waals surface area contributed by atoms with Crippen LogP contribution in [0.1, 0.15) is 12.6 Å². The fraction of sp³-hybridized carbons (Fsp3) is 0.636. The molecule has 10 nitrogen and oxygen atoms in total. The smallest absolute Gasteiger partial charge is 0.331 e. The van der Waals surface area contributed by atoms with Gasteiger partial charge in [0.15, 0.2) is 0 Å². The summed E-state index contributed by atoms with van der Waals surface area (Å²) < 4.78 is 37.6. The van der Waals surface area contributed by atoms with E-state index < -0.39 is 46.6 Å². The molecule has 3 atom stereocenters. The number of nitrogens with one attached hydrogen (secondary N) is 1. The van der Waals surface area contributed by atoms with Gasteiger partial charge in [-0.3, -0.25) is 19.1 Å². The van der Waals surface area contributed by atoms with Gasteiger partial charge in [0, 0.05) is 19.2 Å². The van der Waals surface area contributed by atoms with Gasteiger partial charge >= 0.3 is 5.69 Å². The minimum atomic E-state index is -4.27. The van der Waals surface area contributed by atoms with E-state index in [9.17, 15) is 18.3 Å². The van der Waals surface area contributed by atoms with E-state index >= 15 is 0 Å². The largest absolute Gasteiger partial charge is 0.394 e. The quantitative estimate of drug-likeness (QED) is 0.439. The zero-order chi connectivity index (χ0) is 16.5. The molecule has 1 saturated heterocycles. The van der Waals surface area contributed by atoms with Gasteiger partial charge in [0.2, 0.25) is 0 Å². The highest BCUT2D eigenvalue weighted by Crippen LogP contribution is 2.26. The summed E-state index contributed by atoms with van der Waals surface area (Å²) in [5.74, 6) is -0.698. The Bertz CT molecular complexity index is 754. The summed E-state index contributed by atoms with van der Waals surface area (Å²) >= 11 is 0. The predicted molar refractivity (Wildman–Crippen MR) is 72.6 cm³/mol. The SMILES string of the molecule is N=c1ccn([C@H]2C[C@H](O)[C@@H](CO)O2)c(=O)n1CCS(=O)(=O)O. The molecule has 11 heteroatoms. The Kier molecular flexibility index (Phi) is 4.82. The fourth-order valence-corrected chi connectivity index (χ4v) is 2.65. The molecule has 0 amide bonds. The monoisotopic (exact) mass is 335 g/mol. The van der Waals surface area contributed by atoms with Crippen LogP contribution < -0.4 is 11.2 Å². The first-order valence-corrected chi connectivity index (χ1v) is 8.10. The molecule has 0 radical (unpaired) electrons. The Labute approximate surface area is 125 Å². The molecule has 0 aliphatic carbocycles. The van der Waals surface area contributed by atoms with Crippen molar-refractivity contribution in [3.8, 4) is 0 Å². The molecule has 4 N–H and O–H groups in total. The maximum absolute atomic E-state index is 12.3. The first kappa shape index (κ1) is 16.8. The number of aliphatic hydroxyl groups excluding tert-OH is 2. The molecule has 2 heterocycles. The summed E-state index contributed by atoms with van der Waals surface area (Å²) in [6.07, 6.45) is -1.17. The van der Waals surface area contributed by atoms with Crippen LogP contribution in [-0.2, 0) is 21.4 Å². The van der Waals surface area contributed by atoms with Gasteiger partial charge < -0.3 is 14.9 Å². The summed E-state index contributed by atoms with van der Waals surface area (Å²) in [6.45, 7) is -0.776. The highest BCUT2D eigenvalue weighted by molar-refractivity contribution is 7.85. The van der Waals surface area contributed by atoms with Crippen LogP contribution in [0.3, 0.4) is 0 Å². The van der Waals surface area contributed by atoms with Crippen LogP contribution in [0.15, 0.2) is 17.1 Å². The Balaban J connectivity index is 2.32. The topological polar surface area (TPSA) is 155 Å². The molecule has 1 aliphatic heterocycles. The van der Waals surface area contributed by atoms with Gasteiger partial charge in [-0.2, -0.15) is 8.42 Å². The zero-order valence-corrected chi connectivity index (χ0v) is 12.3. The van der Waals surface area contributed by atoms with Crippen molar-refractivity contribution in [2.24, 2.45) is 0 Å². The lowest BCUT2D eigenvalue weighted by Gasteiger charge is -2.16. The van der Waals surface area contributed by atoms with E-state index in [4.69, 9.17) is 19.8 Å². The average molecular weight is 335 g/mol. The first-order chi connectivity index (χ1) is 10.2. The van der Waals surface area contributed by atoms with Crippen LogP contribution in [0.5, 0.6) is 0 Å². The maximum Gasteiger partial charge on any atom is 0.331 e. The van der Waals surface area contributed by atoms with Crippen LogP contribution in [0, 0.1) is 5.41 Å². The molecule has 1 aromatic rings. The van der Waals surface area contributed by atoms with Gasteiger partial charge in [0.1, 0.15) is 17.8 Å². The van der Waals surface area contributed by atoms with Gasteiger partial charge in [0.05, 0.1) is 18.5 Å². The van der Waals surface area contributed by atoms with Crippen molar-refractivity contribution in [1.82, 2.24) is 9.13 Å². The van der Waals surface area contributed by atoms with Gasteiger partial charge in [-0.05, 0) is 6.07 Å². The lowest BCUT2D eigenvalue weighted by molar-refractivity contribution is -0.0463. The van der Waals surface area contributed by atoms with Crippen LogP contribution in [0.25, 0.3) is 0 Å². The van der Waals surface area contributed by atoms with E-state index in [1.54, 1.807) is 0 Å². The van der Waals surface area contributed by atoms with Crippen molar-refractivity contribution in [2.45, 2.75) is 31.4 Å². The van der Waals surface area contributed by atoms with Gasteiger partial charge in [-0.1, -0.05) is 0 Å². The molecular weight excluding hydrogens is 318 g/mol. The van der Waals surface area contributed by atoms with E-state index in [-0.39, 0.29) is 18.5 Å². The molecular formula is C11H17N3O7S. The summed E-state index contributed by atoms with van der Waals surface area (Å²) in [6, 6.07) is 1.27. The number of rotatable bonds is 5.